The van der Waals surface area contributed by atoms with E-state index >= 15 is 0 Å². The third-order valence-electron chi connectivity index (χ3n) is 2.21. The number of primary amides is 1. The number of rotatable bonds is 9. The summed E-state index contributed by atoms with van der Waals surface area (Å²) < 4.78 is 9.91. The van der Waals surface area contributed by atoms with Crippen LogP contribution in [0.1, 0.15) is 6.42 Å². The largest absolute Gasteiger partial charge is 0.493 e. The summed E-state index contributed by atoms with van der Waals surface area (Å²) in [5.41, 5.74) is 5.49. The molecule has 0 saturated heterocycles. The maximum absolute atomic E-state index is 11.4. The number of carboxylic acids is 1. The number of hydrogen-bond acceptors (Lipinski definition) is 5. The maximum atomic E-state index is 11.4. The molecule has 4 N–H and O–H groups in total. The van der Waals surface area contributed by atoms with E-state index in [4.69, 9.17) is 15.6 Å². The number of carboxylic acid groups (broad SMARTS) is 1. The second-order valence-corrected chi connectivity index (χ2v) is 4.02. The molecule has 21 heavy (non-hydrogen) atoms. The predicted molar refractivity (Wildman–Crippen MR) is 72.8 cm³/mol. The Kier molecular flexibility index (Phi) is 6.69. The van der Waals surface area contributed by atoms with Gasteiger partial charge in [0.15, 0.2) is 0 Å². The summed E-state index contributed by atoms with van der Waals surface area (Å²) >= 11 is 0. The van der Waals surface area contributed by atoms with E-state index in [1.165, 1.54) is 0 Å². The number of benzene rings is 1. The molecule has 1 rings (SSSR count). The molecule has 0 aliphatic rings. The van der Waals surface area contributed by atoms with Gasteiger partial charge in [0.1, 0.15) is 19.0 Å². The van der Waals surface area contributed by atoms with Gasteiger partial charge in [0.05, 0.1) is 13.0 Å². The Labute approximate surface area is 120 Å². The number of anilines is 1. The second-order valence-electron chi connectivity index (χ2n) is 4.02. The summed E-state index contributed by atoms with van der Waals surface area (Å²) in [5.74, 6) is -1.50. The van der Waals surface area contributed by atoms with Crippen LogP contribution in [0.5, 0.6) is 5.75 Å². The Morgan fingerprint density at radius 1 is 1.14 bits per heavy atom. The molecule has 0 heterocycles. The van der Waals surface area contributed by atoms with Crippen LogP contribution in [0, 0.1) is 0 Å². The van der Waals surface area contributed by atoms with Gasteiger partial charge in [0, 0.05) is 5.69 Å². The summed E-state index contributed by atoms with van der Waals surface area (Å²) in [5, 5.41) is 10.9. The van der Waals surface area contributed by atoms with E-state index in [0.29, 0.717) is 11.4 Å². The van der Waals surface area contributed by atoms with Crippen molar-refractivity contribution in [3.8, 4) is 5.75 Å². The Morgan fingerprint density at radius 2 is 1.81 bits per heavy atom. The van der Waals surface area contributed by atoms with E-state index < -0.39 is 24.4 Å². The number of nitrogens with two attached hydrogens (primary N) is 1. The molecule has 2 amide bonds. The normalized spacial score (nSPS) is 9.90. The Bertz CT molecular complexity index is 500. The van der Waals surface area contributed by atoms with Crippen molar-refractivity contribution in [3.05, 3.63) is 24.3 Å². The fourth-order valence-corrected chi connectivity index (χ4v) is 1.33. The fraction of sp³-hybridized carbons (Fsp3) is 0.308. The van der Waals surface area contributed by atoms with Gasteiger partial charge in [0.25, 0.3) is 0 Å². The van der Waals surface area contributed by atoms with Gasteiger partial charge in [-0.25, -0.2) is 4.79 Å². The van der Waals surface area contributed by atoms with Crippen molar-refractivity contribution in [1.82, 2.24) is 0 Å². The lowest BCUT2D eigenvalue weighted by Gasteiger charge is -2.07. The van der Waals surface area contributed by atoms with E-state index in [-0.39, 0.29) is 19.6 Å². The topological polar surface area (TPSA) is 128 Å². The molecule has 0 saturated carbocycles. The summed E-state index contributed by atoms with van der Waals surface area (Å²) in [6, 6.07) is 6.45. The summed E-state index contributed by atoms with van der Waals surface area (Å²) in [6.07, 6.45) is 0.124. The predicted octanol–water partition coefficient (Wildman–Crippen LogP) is -0.0195. The van der Waals surface area contributed by atoms with Crippen LogP contribution in [0.15, 0.2) is 24.3 Å². The van der Waals surface area contributed by atoms with Crippen LogP contribution in [0.4, 0.5) is 5.69 Å². The quantitative estimate of drug-likeness (QED) is 0.587. The molecular formula is C13H16N2O6. The molecule has 0 atom stereocenters. The van der Waals surface area contributed by atoms with Gasteiger partial charge in [-0.15, -0.1) is 0 Å². The van der Waals surface area contributed by atoms with Crippen molar-refractivity contribution in [2.24, 2.45) is 5.73 Å². The number of carbonyl (C=O) groups excluding carboxylic acids is 2. The third-order valence-corrected chi connectivity index (χ3v) is 2.21. The standard InChI is InChI=1S/C13H16N2O6/c14-11(16)5-6-21-10-3-1-9(2-4-10)15-12(17)7-20-8-13(18)19/h1-4H,5-8H2,(H2,14,16)(H,15,17)(H,18,19). The summed E-state index contributed by atoms with van der Waals surface area (Å²) in [4.78, 5) is 32.2. The first-order chi connectivity index (χ1) is 9.97. The van der Waals surface area contributed by atoms with E-state index in [2.05, 4.69) is 10.1 Å². The first-order valence-corrected chi connectivity index (χ1v) is 6.08. The van der Waals surface area contributed by atoms with Gasteiger partial charge in [-0.3, -0.25) is 9.59 Å². The van der Waals surface area contributed by atoms with Crippen molar-refractivity contribution >= 4 is 23.5 Å². The molecule has 0 radical (unpaired) electrons. The van der Waals surface area contributed by atoms with Crippen molar-refractivity contribution in [1.29, 1.82) is 0 Å². The Balaban J connectivity index is 2.34. The summed E-state index contributed by atoms with van der Waals surface area (Å²) in [6.45, 7) is -0.687. The minimum Gasteiger partial charge on any atom is -0.493 e. The average Bonchev–Trinajstić information content (AvgIpc) is 2.40. The van der Waals surface area contributed by atoms with Gasteiger partial charge in [-0.2, -0.15) is 0 Å². The van der Waals surface area contributed by atoms with Crippen LogP contribution < -0.4 is 15.8 Å². The zero-order chi connectivity index (χ0) is 15.7. The molecular weight excluding hydrogens is 280 g/mol. The Morgan fingerprint density at radius 3 is 2.38 bits per heavy atom. The van der Waals surface area contributed by atoms with Gasteiger partial charge in [-0.05, 0) is 24.3 Å². The molecule has 0 unspecified atom stereocenters. The third kappa shape index (κ3) is 7.53. The van der Waals surface area contributed by atoms with Crippen LogP contribution in [-0.4, -0.2) is 42.7 Å². The lowest BCUT2D eigenvalue weighted by atomic mass is 10.3. The molecule has 1 aromatic carbocycles. The van der Waals surface area contributed by atoms with Gasteiger partial charge in [0.2, 0.25) is 11.8 Å². The van der Waals surface area contributed by atoms with E-state index in [9.17, 15) is 14.4 Å². The molecule has 0 aromatic heterocycles. The van der Waals surface area contributed by atoms with Crippen LogP contribution in [0.2, 0.25) is 0 Å². The molecule has 0 fully saturated rings. The molecule has 8 heteroatoms. The van der Waals surface area contributed by atoms with Crippen LogP contribution in [0.3, 0.4) is 0 Å². The minimum atomic E-state index is -1.14. The highest BCUT2D eigenvalue weighted by Crippen LogP contribution is 2.15. The first-order valence-electron chi connectivity index (χ1n) is 6.08. The van der Waals surface area contributed by atoms with Crippen molar-refractivity contribution in [3.63, 3.8) is 0 Å². The van der Waals surface area contributed by atoms with Gasteiger partial charge in [-0.1, -0.05) is 0 Å². The van der Waals surface area contributed by atoms with Crippen molar-refractivity contribution in [2.45, 2.75) is 6.42 Å². The molecule has 0 aliphatic heterocycles. The number of hydrogen-bond donors (Lipinski definition) is 3. The number of carbonyl (C=O) groups is 3. The minimum absolute atomic E-state index is 0.124. The second kappa shape index (κ2) is 8.54. The number of ether oxygens (including phenoxy) is 2. The van der Waals surface area contributed by atoms with Crippen molar-refractivity contribution in [2.75, 3.05) is 25.1 Å². The lowest BCUT2D eigenvalue weighted by molar-refractivity contribution is -0.143. The Hall–Kier alpha value is -2.61. The van der Waals surface area contributed by atoms with E-state index in [1.54, 1.807) is 24.3 Å². The lowest BCUT2D eigenvalue weighted by Crippen LogP contribution is -2.20. The van der Waals surface area contributed by atoms with Crippen molar-refractivity contribution < 1.29 is 29.0 Å². The highest BCUT2D eigenvalue weighted by atomic mass is 16.5. The van der Waals surface area contributed by atoms with E-state index in [0.717, 1.165) is 0 Å². The van der Waals surface area contributed by atoms with Crippen LogP contribution in [0.25, 0.3) is 0 Å². The SMILES string of the molecule is NC(=O)CCOc1ccc(NC(=O)COCC(=O)O)cc1. The first kappa shape index (κ1) is 16.4. The molecule has 114 valence electrons. The smallest absolute Gasteiger partial charge is 0.329 e. The molecule has 0 bridgehead atoms. The van der Waals surface area contributed by atoms with E-state index in [1.807, 2.05) is 0 Å². The average molecular weight is 296 g/mol. The molecule has 8 nitrogen and oxygen atoms in total. The zero-order valence-electron chi connectivity index (χ0n) is 11.2. The number of nitrogens with one attached hydrogen (secondary N) is 1. The molecule has 0 spiro atoms. The molecule has 0 aliphatic carbocycles. The van der Waals surface area contributed by atoms with Crippen LogP contribution in [-0.2, 0) is 19.1 Å². The van der Waals surface area contributed by atoms with Crippen LogP contribution >= 0.6 is 0 Å². The number of aliphatic carboxylic acids is 1. The zero-order valence-corrected chi connectivity index (χ0v) is 11.2. The highest BCUT2D eigenvalue weighted by molar-refractivity contribution is 5.91. The van der Waals surface area contributed by atoms with Gasteiger partial charge < -0.3 is 25.6 Å². The molecule has 1 aromatic rings. The summed E-state index contributed by atoms with van der Waals surface area (Å²) in [7, 11) is 0. The number of amides is 2. The monoisotopic (exact) mass is 296 g/mol. The maximum Gasteiger partial charge on any atom is 0.329 e. The fourth-order valence-electron chi connectivity index (χ4n) is 1.33. The highest BCUT2D eigenvalue weighted by Gasteiger charge is 2.05. The van der Waals surface area contributed by atoms with Gasteiger partial charge >= 0.3 is 5.97 Å².